The normalized spacial score (nSPS) is 14.4. The maximum absolute atomic E-state index is 11.0. The first-order chi connectivity index (χ1) is 6.36. The van der Waals surface area contributed by atoms with Crippen LogP contribution in [0.5, 0.6) is 0 Å². The van der Waals surface area contributed by atoms with Crippen LogP contribution in [0.3, 0.4) is 0 Å². The Morgan fingerprint density at radius 2 is 2.21 bits per heavy atom. The minimum Gasteiger partial charge on any atom is -0.363 e. The number of aromatic nitrogens is 1. The Labute approximate surface area is 93.4 Å². The van der Waals surface area contributed by atoms with Gasteiger partial charge >= 0.3 is 7.60 Å². The van der Waals surface area contributed by atoms with Crippen LogP contribution in [0.25, 0.3) is 0 Å². The Kier molecular flexibility index (Phi) is 3.85. The minimum absolute atomic E-state index is 0.253. The topological polar surface area (TPSA) is 79.7 Å². The van der Waals surface area contributed by atoms with Crippen molar-refractivity contribution in [1.82, 2.24) is 4.98 Å². The van der Waals surface area contributed by atoms with Gasteiger partial charge in [0.05, 0.1) is 8.79 Å². The number of rotatable bonds is 3. The Balaban J connectivity index is 3.13. The van der Waals surface area contributed by atoms with E-state index in [9.17, 15) is 4.57 Å². The SMILES string of the molecule is COC(c1nc(C)sc1Br)P(=O)(O)O. The van der Waals surface area contributed by atoms with Crippen molar-refractivity contribution in [2.75, 3.05) is 7.11 Å². The number of hydrogen-bond donors (Lipinski definition) is 2. The first kappa shape index (κ1) is 12.3. The number of aryl methyl sites for hydroxylation is 1. The van der Waals surface area contributed by atoms with Crippen LogP contribution >= 0.6 is 34.9 Å². The molecular formula is C6H9BrNO4PS. The second-order valence-electron chi connectivity index (χ2n) is 2.57. The lowest BCUT2D eigenvalue weighted by molar-refractivity contribution is 0.134. The van der Waals surface area contributed by atoms with Crippen molar-refractivity contribution in [1.29, 1.82) is 0 Å². The largest absolute Gasteiger partial charge is 0.363 e. The van der Waals surface area contributed by atoms with E-state index in [1.54, 1.807) is 6.92 Å². The highest BCUT2D eigenvalue weighted by Crippen LogP contribution is 2.53. The van der Waals surface area contributed by atoms with Crippen LogP contribution in [0.1, 0.15) is 16.5 Å². The Morgan fingerprint density at radius 1 is 1.64 bits per heavy atom. The van der Waals surface area contributed by atoms with Gasteiger partial charge < -0.3 is 14.5 Å². The van der Waals surface area contributed by atoms with Crippen molar-refractivity contribution < 1.29 is 19.1 Å². The van der Waals surface area contributed by atoms with Crippen LogP contribution in [0.2, 0.25) is 0 Å². The molecule has 0 aromatic carbocycles. The van der Waals surface area contributed by atoms with E-state index >= 15 is 0 Å². The van der Waals surface area contributed by atoms with Crippen LogP contribution in [-0.4, -0.2) is 21.9 Å². The van der Waals surface area contributed by atoms with E-state index in [0.717, 1.165) is 5.01 Å². The summed E-state index contributed by atoms with van der Waals surface area (Å²) in [5, 5.41) is 0.724. The van der Waals surface area contributed by atoms with Gasteiger partial charge in [0.1, 0.15) is 5.69 Å². The number of nitrogens with zero attached hydrogens (tertiary/aromatic N) is 1. The number of ether oxygens (including phenoxy) is 1. The molecule has 0 aliphatic carbocycles. The zero-order chi connectivity index (χ0) is 10.9. The number of methoxy groups -OCH3 is 1. The molecule has 2 N–H and O–H groups in total. The zero-order valence-electron chi connectivity index (χ0n) is 7.47. The first-order valence-electron chi connectivity index (χ1n) is 3.57. The van der Waals surface area contributed by atoms with E-state index in [1.807, 2.05) is 0 Å². The lowest BCUT2D eigenvalue weighted by atomic mass is 10.5. The van der Waals surface area contributed by atoms with Crippen molar-refractivity contribution in [2.45, 2.75) is 12.8 Å². The molecule has 1 unspecified atom stereocenters. The summed E-state index contributed by atoms with van der Waals surface area (Å²) in [5.74, 6) is -1.29. The monoisotopic (exact) mass is 301 g/mol. The van der Waals surface area contributed by atoms with Gasteiger partial charge in [0.25, 0.3) is 0 Å². The highest BCUT2D eigenvalue weighted by Gasteiger charge is 2.34. The van der Waals surface area contributed by atoms with E-state index < -0.39 is 13.4 Å². The summed E-state index contributed by atoms with van der Waals surface area (Å²) in [7, 11) is -3.08. The molecule has 5 nitrogen and oxygen atoms in total. The maximum atomic E-state index is 11.0. The smallest absolute Gasteiger partial charge is 0.360 e. The quantitative estimate of drug-likeness (QED) is 0.835. The summed E-state index contributed by atoms with van der Waals surface area (Å²) in [6, 6.07) is 0. The van der Waals surface area contributed by atoms with Crippen LogP contribution < -0.4 is 0 Å². The molecule has 1 atom stereocenters. The Bertz CT molecular complexity index is 376. The summed E-state index contributed by atoms with van der Waals surface area (Å²) < 4.78 is 16.4. The van der Waals surface area contributed by atoms with E-state index in [-0.39, 0.29) is 5.69 Å². The molecule has 14 heavy (non-hydrogen) atoms. The molecule has 80 valence electrons. The fourth-order valence-electron chi connectivity index (χ4n) is 0.979. The van der Waals surface area contributed by atoms with Gasteiger partial charge in [-0.25, -0.2) is 4.98 Å². The highest BCUT2D eigenvalue weighted by atomic mass is 79.9. The van der Waals surface area contributed by atoms with Crippen LogP contribution in [0.15, 0.2) is 3.79 Å². The van der Waals surface area contributed by atoms with Crippen LogP contribution in [0, 0.1) is 6.92 Å². The standard InChI is InChI=1S/C6H9BrNO4PS/c1-3-8-4(5(7)14-3)6(12-2)13(9,10)11/h6H,1-2H3,(H2,9,10,11). The molecule has 1 heterocycles. The predicted molar refractivity (Wildman–Crippen MR) is 56.3 cm³/mol. The average Bonchev–Trinajstić information content (AvgIpc) is 2.29. The molecule has 0 amide bonds. The van der Waals surface area contributed by atoms with Crippen molar-refractivity contribution >= 4 is 34.9 Å². The number of halogens is 1. The Hall–Kier alpha value is 0.220. The molecule has 1 rings (SSSR count). The van der Waals surface area contributed by atoms with Gasteiger partial charge in [-0.15, -0.1) is 11.3 Å². The molecule has 0 fully saturated rings. The molecule has 0 saturated carbocycles. The second kappa shape index (κ2) is 4.38. The van der Waals surface area contributed by atoms with Gasteiger partial charge in [0.15, 0.2) is 0 Å². The van der Waals surface area contributed by atoms with Crippen molar-refractivity contribution in [3.05, 3.63) is 14.5 Å². The lowest BCUT2D eigenvalue weighted by Crippen LogP contribution is -2.03. The first-order valence-corrected chi connectivity index (χ1v) is 6.86. The van der Waals surface area contributed by atoms with E-state index in [2.05, 4.69) is 20.9 Å². The van der Waals surface area contributed by atoms with Gasteiger partial charge in [-0.1, -0.05) is 0 Å². The summed E-state index contributed by atoms with van der Waals surface area (Å²) in [6.45, 7) is 1.76. The van der Waals surface area contributed by atoms with E-state index in [0.29, 0.717) is 3.79 Å². The van der Waals surface area contributed by atoms with Gasteiger partial charge in [-0.3, -0.25) is 4.57 Å². The van der Waals surface area contributed by atoms with Crippen molar-refractivity contribution in [3.8, 4) is 0 Å². The minimum atomic E-state index is -4.32. The zero-order valence-corrected chi connectivity index (χ0v) is 10.8. The van der Waals surface area contributed by atoms with E-state index in [1.165, 1.54) is 18.4 Å². The summed E-state index contributed by atoms with van der Waals surface area (Å²) >= 11 is 4.49. The molecule has 0 spiro atoms. The molecule has 8 heteroatoms. The fourth-order valence-corrected chi connectivity index (χ4v) is 3.68. The second-order valence-corrected chi connectivity index (χ2v) is 6.74. The maximum Gasteiger partial charge on any atom is 0.360 e. The molecule has 0 aliphatic heterocycles. The Morgan fingerprint density at radius 3 is 2.50 bits per heavy atom. The average molecular weight is 302 g/mol. The molecule has 1 aromatic rings. The van der Waals surface area contributed by atoms with Gasteiger partial charge in [-0.05, 0) is 22.9 Å². The molecule has 0 bridgehead atoms. The van der Waals surface area contributed by atoms with Crippen LogP contribution in [0.4, 0.5) is 0 Å². The van der Waals surface area contributed by atoms with Crippen molar-refractivity contribution in [2.24, 2.45) is 0 Å². The van der Waals surface area contributed by atoms with E-state index in [4.69, 9.17) is 14.5 Å². The van der Waals surface area contributed by atoms with Gasteiger partial charge in [0.2, 0.25) is 5.85 Å². The predicted octanol–water partition coefficient (Wildman–Crippen LogP) is 2.04. The third-order valence-electron chi connectivity index (χ3n) is 1.48. The highest BCUT2D eigenvalue weighted by molar-refractivity contribution is 9.11. The van der Waals surface area contributed by atoms with Crippen molar-refractivity contribution in [3.63, 3.8) is 0 Å². The van der Waals surface area contributed by atoms with Gasteiger partial charge in [0, 0.05) is 7.11 Å². The third kappa shape index (κ3) is 2.62. The summed E-state index contributed by atoms with van der Waals surface area (Å²) in [4.78, 5) is 22.0. The van der Waals surface area contributed by atoms with Crippen LogP contribution in [-0.2, 0) is 9.30 Å². The third-order valence-corrected chi connectivity index (χ3v) is 4.21. The van der Waals surface area contributed by atoms with Gasteiger partial charge in [-0.2, -0.15) is 0 Å². The summed E-state index contributed by atoms with van der Waals surface area (Å²) in [6.07, 6.45) is 0. The molecular weight excluding hydrogens is 293 g/mol. The lowest BCUT2D eigenvalue weighted by Gasteiger charge is -2.14. The number of thiazole rings is 1. The molecule has 0 aliphatic rings. The summed E-state index contributed by atoms with van der Waals surface area (Å²) in [5.41, 5.74) is 0.253. The fraction of sp³-hybridized carbons (Fsp3) is 0.500. The molecule has 1 aromatic heterocycles. The molecule has 0 radical (unpaired) electrons. The number of hydrogen-bond acceptors (Lipinski definition) is 4. The molecule has 0 saturated heterocycles.